The molecule has 1 aliphatic rings. The van der Waals surface area contributed by atoms with Crippen molar-refractivity contribution in [3.8, 4) is 5.75 Å². The van der Waals surface area contributed by atoms with Crippen molar-refractivity contribution in [1.29, 1.82) is 0 Å². The van der Waals surface area contributed by atoms with Crippen molar-refractivity contribution in [2.75, 3.05) is 26.2 Å². The Hall–Kier alpha value is -1.07. The quantitative estimate of drug-likeness (QED) is 0.894. The lowest BCUT2D eigenvalue weighted by molar-refractivity contribution is -0.134. The third kappa shape index (κ3) is 3.96. The molecule has 0 atom stereocenters. The van der Waals surface area contributed by atoms with Crippen LogP contribution in [0.3, 0.4) is 0 Å². The van der Waals surface area contributed by atoms with Crippen LogP contribution in [-0.2, 0) is 11.2 Å². The lowest BCUT2D eigenvalue weighted by atomic mass is 10.1. The third-order valence-corrected chi connectivity index (χ3v) is 4.14. The van der Waals surface area contributed by atoms with Crippen LogP contribution in [0.15, 0.2) is 22.7 Å². The first-order valence-electron chi connectivity index (χ1n) is 7.10. The van der Waals surface area contributed by atoms with Crippen LogP contribution in [0.25, 0.3) is 0 Å². The van der Waals surface area contributed by atoms with Gasteiger partial charge in [0.25, 0.3) is 5.91 Å². The molecule has 1 aliphatic heterocycles. The van der Waals surface area contributed by atoms with Gasteiger partial charge in [0.05, 0.1) is 4.47 Å². The minimum absolute atomic E-state index is 0.0687. The fourth-order valence-corrected chi connectivity index (χ4v) is 2.96. The van der Waals surface area contributed by atoms with Crippen LogP contribution in [0.1, 0.15) is 24.8 Å². The van der Waals surface area contributed by atoms with Gasteiger partial charge < -0.3 is 15.4 Å². The van der Waals surface area contributed by atoms with Gasteiger partial charge in [0.1, 0.15) is 5.75 Å². The van der Waals surface area contributed by atoms with E-state index in [-0.39, 0.29) is 12.5 Å². The summed E-state index contributed by atoms with van der Waals surface area (Å²) >= 11 is 3.47. The molecule has 0 aromatic heterocycles. The number of hydrogen-bond acceptors (Lipinski definition) is 3. The van der Waals surface area contributed by atoms with Crippen LogP contribution in [0, 0.1) is 0 Å². The van der Waals surface area contributed by atoms with Gasteiger partial charge in [0.15, 0.2) is 6.61 Å². The number of likely N-dealkylation sites (tertiary alicyclic amines) is 1. The molecule has 0 spiro atoms. The molecule has 110 valence electrons. The van der Waals surface area contributed by atoms with E-state index in [1.807, 2.05) is 23.1 Å². The maximum Gasteiger partial charge on any atom is 0.260 e. The van der Waals surface area contributed by atoms with Gasteiger partial charge in [-0.05, 0) is 59.8 Å². The number of halogens is 1. The molecule has 0 unspecified atom stereocenters. The molecular formula is C15H21BrN2O2. The SMILES string of the molecule is NCCc1cccc(Br)c1OCC(=O)N1CCCCC1. The summed E-state index contributed by atoms with van der Waals surface area (Å²) in [5.74, 6) is 0.808. The van der Waals surface area contributed by atoms with E-state index in [1.54, 1.807) is 0 Å². The Morgan fingerprint density at radius 3 is 2.75 bits per heavy atom. The van der Waals surface area contributed by atoms with Crippen LogP contribution >= 0.6 is 15.9 Å². The molecule has 0 bridgehead atoms. The smallest absolute Gasteiger partial charge is 0.260 e. The normalized spacial score (nSPS) is 15.2. The summed E-state index contributed by atoms with van der Waals surface area (Å²) in [4.78, 5) is 14.0. The van der Waals surface area contributed by atoms with E-state index in [0.717, 1.165) is 48.1 Å². The van der Waals surface area contributed by atoms with Crippen molar-refractivity contribution in [3.63, 3.8) is 0 Å². The van der Waals surface area contributed by atoms with Crippen LogP contribution in [-0.4, -0.2) is 37.0 Å². The van der Waals surface area contributed by atoms with Gasteiger partial charge in [-0.3, -0.25) is 4.79 Å². The zero-order valence-electron chi connectivity index (χ0n) is 11.6. The van der Waals surface area contributed by atoms with Crippen molar-refractivity contribution in [3.05, 3.63) is 28.2 Å². The standard InChI is InChI=1S/C15H21BrN2O2/c16-13-6-4-5-12(7-8-17)15(13)20-11-14(19)18-9-2-1-3-10-18/h4-6H,1-3,7-11,17H2. The van der Waals surface area contributed by atoms with Crippen LogP contribution < -0.4 is 10.5 Å². The second-order valence-corrected chi connectivity index (χ2v) is 5.85. The molecule has 1 heterocycles. The van der Waals surface area contributed by atoms with E-state index >= 15 is 0 Å². The van der Waals surface area contributed by atoms with Gasteiger partial charge in [0.2, 0.25) is 0 Å². The number of nitrogens with two attached hydrogens (primary N) is 1. The minimum Gasteiger partial charge on any atom is -0.482 e. The third-order valence-electron chi connectivity index (χ3n) is 3.51. The van der Waals surface area contributed by atoms with E-state index in [9.17, 15) is 4.79 Å². The largest absolute Gasteiger partial charge is 0.482 e. The summed E-state index contributed by atoms with van der Waals surface area (Å²) < 4.78 is 6.61. The number of carbonyl (C=O) groups excluding carboxylic acids is 1. The number of rotatable bonds is 5. The Balaban J connectivity index is 1.97. The Labute approximate surface area is 128 Å². The van der Waals surface area contributed by atoms with Crippen LogP contribution in [0.2, 0.25) is 0 Å². The van der Waals surface area contributed by atoms with Crippen LogP contribution in [0.4, 0.5) is 0 Å². The first kappa shape index (κ1) is 15.3. The summed E-state index contributed by atoms with van der Waals surface area (Å²) in [6, 6.07) is 5.85. The van der Waals surface area contributed by atoms with E-state index in [1.165, 1.54) is 6.42 Å². The highest BCUT2D eigenvalue weighted by atomic mass is 79.9. The molecule has 4 nitrogen and oxygen atoms in total. The van der Waals surface area contributed by atoms with Gasteiger partial charge in [-0.25, -0.2) is 0 Å². The molecule has 2 rings (SSSR count). The topological polar surface area (TPSA) is 55.6 Å². The van der Waals surface area contributed by atoms with Crippen molar-refractivity contribution in [2.24, 2.45) is 5.73 Å². The molecule has 1 aromatic carbocycles. The van der Waals surface area contributed by atoms with Gasteiger partial charge in [-0.15, -0.1) is 0 Å². The molecule has 1 saturated heterocycles. The molecule has 1 amide bonds. The van der Waals surface area contributed by atoms with Crippen molar-refractivity contribution in [1.82, 2.24) is 4.90 Å². The molecule has 1 fully saturated rings. The van der Waals surface area contributed by atoms with Crippen molar-refractivity contribution in [2.45, 2.75) is 25.7 Å². The number of hydrogen-bond donors (Lipinski definition) is 1. The maximum atomic E-state index is 12.1. The number of amides is 1. The molecule has 20 heavy (non-hydrogen) atoms. The Bertz CT molecular complexity index is 459. The number of nitrogens with zero attached hydrogens (tertiary/aromatic N) is 1. The first-order valence-corrected chi connectivity index (χ1v) is 7.89. The number of ether oxygens (including phenoxy) is 1. The van der Waals surface area contributed by atoms with E-state index in [4.69, 9.17) is 10.5 Å². The molecule has 0 saturated carbocycles. The van der Waals surface area contributed by atoms with Gasteiger partial charge in [-0.2, -0.15) is 0 Å². The highest BCUT2D eigenvalue weighted by Gasteiger charge is 2.18. The number of piperidine rings is 1. The fraction of sp³-hybridized carbons (Fsp3) is 0.533. The summed E-state index contributed by atoms with van der Waals surface area (Å²) in [5.41, 5.74) is 6.64. The monoisotopic (exact) mass is 340 g/mol. The Kier molecular flexibility index (Phi) is 5.86. The average molecular weight is 341 g/mol. The van der Waals surface area contributed by atoms with E-state index in [2.05, 4.69) is 15.9 Å². The highest BCUT2D eigenvalue weighted by Crippen LogP contribution is 2.29. The predicted octanol–water partition coefficient (Wildman–Crippen LogP) is 2.34. The Morgan fingerprint density at radius 2 is 2.05 bits per heavy atom. The molecule has 5 heteroatoms. The van der Waals surface area contributed by atoms with Gasteiger partial charge in [-0.1, -0.05) is 12.1 Å². The number of carbonyl (C=O) groups is 1. The van der Waals surface area contributed by atoms with Gasteiger partial charge in [0, 0.05) is 13.1 Å². The lowest BCUT2D eigenvalue weighted by Crippen LogP contribution is -2.38. The fourth-order valence-electron chi connectivity index (χ4n) is 2.44. The minimum atomic E-state index is 0.0687. The summed E-state index contributed by atoms with van der Waals surface area (Å²) in [7, 11) is 0. The second-order valence-electron chi connectivity index (χ2n) is 5.00. The zero-order valence-corrected chi connectivity index (χ0v) is 13.2. The molecule has 1 aromatic rings. The van der Waals surface area contributed by atoms with E-state index < -0.39 is 0 Å². The zero-order chi connectivity index (χ0) is 14.4. The molecule has 2 N–H and O–H groups in total. The van der Waals surface area contributed by atoms with Crippen molar-refractivity contribution < 1.29 is 9.53 Å². The Morgan fingerprint density at radius 1 is 1.30 bits per heavy atom. The molecular weight excluding hydrogens is 320 g/mol. The van der Waals surface area contributed by atoms with E-state index in [0.29, 0.717) is 6.54 Å². The number of benzene rings is 1. The first-order chi connectivity index (χ1) is 9.72. The number of para-hydroxylation sites is 1. The average Bonchev–Trinajstić information content (AvgIpc) is 2.47. The highest BCUT2D eigenvalue weighted by molar-refractivity contribution is 9.10. The maximum absolute atomic E-state index is 12.1. The second kappa shape index (κ2) is 7.64. The molecule has 0 radical (unpaired) electrons. The predicted molar refractivity (Wildman–Crippen MR) is 82.8 cm³/mol. The summed E-state index contributed by atoms with van der Waals surface area (Å²) in [5, 5.41) is 0. The lowest BCUT2D eigenvalue weighted by Gasteiger charge is -2.26. The summed E-state index contributed by atoms with van der Waals surface area (Å²) in [6.07, 6.45) is 4.15. The van der Waals surface area contributed by atoms with Crippen molar-refractivity contribution >= 4 is 21.8 Å². The van der Waals surface area contributed by atoms with Gasteiger partial charge >= 0.3 is 0 Å². The summed E-state index contributed by atoms with van der Waals surface area (Å²) in [6.45, 7) is 2.37. The van der Waals surface area contributed by atoms with Crippen LogP contribution in [0.5, 0.6) is 5.75 Å². The molecule has 0 aliphatic carbocycles.